The van der Waals surface area contributed by atoms with Crippen LogP contribution in [0.15, 0.2) is 42.5 Å². The summed E-state index contributed by atoms with van der Waals surface area (Å²) >= 11 is 0. The van der Waals surface area contributed by atoms with Gasteiger partial charge in [-0.25, -0.2) is 5.84 Å². The smallest absolute Gasteiger partial charge is 0.238 e. The summed E-state index contributed by atoms with van der Waals surface area (Å²) in [6, 6.07) is 13.9. The number of ether oxygens (including phenoxy) is 1. The van der Waals surface area contributed by atoms with E-state index in [0.717, 1.165) is 22.4 Å². The second-order valence-electron chi connectivity index (χ2n) is 5.12. The third-order valence-electron chi connectivity index (χ3n) is 3.27. The molecule has 0 heterocycles. The molecule has 0 bridgehead atoms. The summed E-state index contributed by atoms with van der Waals surface area (Å²) in [4.78, 5) is 11.2. The van der Waals surface area contributed by atoms with E-state index in [1.54, 1.807) is 0 Å². The Balaban J connectivity index is 1.96. The SMILES string of the molecule is Cc1ccc(OCc2ccc(CC(=O)NN)cc2)c(C)c1. The molecule has 4 nitrogen and oxygen atoms in total. The van der Waals surface area contributed by atoms with Crippen molar-refractivity contribution >= 4 is 5.91 Å². The second kappa shape index (κ2) is 6.90. The van der Waals surface area contributed by atoms with Gasteiger partial charge in [0.1, 0.15) is 12.4 Å². The Bertz CT molecular complexity index is 621. The topological polar surface area (TPSA) is 64.3 Å². The van der Waals surface area contributed by atoms with Crippen LogP contribution in [0, 0.1) is 13.8 Å². The zero-order valence-corrected chi connectivity index (χ0v) is 12.3. The van der Waals surface area contributed by atoms with Gasteiger partial charge in [-0.05, 0) is 36.6 Å². The number of nitrogens with one attached hydrogen (secondary N) is 1. The average Bonchev–Trinajstić information content (AvgIpc) is 2.48. The van der Waals surface area contributed by atoms with Gasteiger partial charge in [-0.2, -0.15) is 0 Å². The molecule has 0 aliphatic carbocycles. The summed E-state index contributed by atoms with van der Waals surface area (Å²) in [7, 11) is 0. The van der Waals surface area contributed by atoms with Crippen LogP contribution in [-0.2, 0) is 17.8 Å². The molecule has 2 rings (SSSR count). The molecular weight excluding hydrogens is 264 g/mol. The minimum atomic E-state index is -0.200. The lowest BCUT2D eigenvalue weighted by Crippen LogP contribution is -2.31. The molecule has 0 radical (unpaired) electrons. The van der Waals surface area contributed by atoms with Crippen LogP contribution in [0.4, 0.5) is 0 Å². The van der Waals surface area contributed by atoms with Crippen LogP contribution in [0.2, 0.25) is 0 Å². The number of hydrazine groups is 1. The Morgan fingerprint density at radius 3 is 2.38 bits per heavy atom. The molecule has 0 aromatic heterocycles. The summed E-state index contributed by atoms with van der Waals surface area (Å²) in [5.41, 5.74) is 6.46. The van der Waals surface area contributed by atoms with E-state index in [4.69, 9.17) is 10.6 Å². The van der Waals surface area contributed by atoms with Crippen molar-refractivity contribution in [2.24, 2.45) is 5.84 Å². The first-order valence-electron chi connectivity index (χ1n) is 6.86. The number of benzene rings is 2. The Morgan fingerprint density at radius 1 is 1.10 bits per heavy atom. The number of carbonyl (C=O) groups excluding carboxylic acids is 1. The predicted octanol–water partition coefficient (Wildman–Crippen LogP) is 2.41. The van der Waals surface area contributed by atoms with Crippen LogP contribution >= 0.6 is 0 Å². The molecule has 2 aromatic rings. The highest BCUT2D eigenvalue weighted by atomic mass is 16.5. The molecule has 0 fully saturated rings. The van der Waals surface area contributed by atoms with Crippen molar-refractivity contribution in [2.45, 2.75) is 26.9 Å². The van der Waals surface area contributed by atoms with Crippen LogP contribution in [0.3, 0.4) is 0 Å². The maximum absolute atomic E-state index is 11.2. The molecule has 0 aliphatic heterocycles. The van der Waals surface area contributed by atoms with Gasteiger partial charge >= 0.3 is 0 Å². The molecule has 0 unspecified atom stereocenters. The largest absolute Gasteiger partial charge is 0.489 e. The molecule has 0 saturated heterocycles. The third kappa shape index (κ3) is 4.33. The summed E-state index contributed by atoms with van der Waals surface area (Å²) in [5.74, 6) is 5.76. The Morgan fingerprint density at radius 2 is 1.76 bits per heavy atom. The van der Waals surface area contributed by atoms with Crippen molar-refractivity contribution in [2.75, 3.05) is 0 Å². The number of amides is 1. The fraction of sp³-hybridized carbons (Fsp3) is 0.235. The average molecular weight is 284 g/mol. The van der Waals surface area contributed by atoms with Crippen LogP contribution in [0.1, 0.15) is 22.3 Å². The maximum Gasteiger partial charge on any atom is 0.238 e. The molecule has 110 valence electrons. The van der Waals surface area contributed by atoms with E-state index in [2.05, 4.69) is 18.4 Å². The Labute approximate surface area is 124 Å². The molecule has 2 aromatic carbocycles. The Kier molecular flexibility index (Phi) is 4.95. The maximum atomic E-state index is 11.2. The van der Waals surface area contributed by atoms with E-state index >= 15 is 0 Å². The number of nitrogens with two attached hydrogens (primary N) is 1. The van der Waals surface area contributed by atoms with Gasteiger partial charge < -0.3 is 4.74 Å². The van der Waals surface area contributed by atoms with Crippen molar-refractivity contribution in [1.29, 1.82) is 0 Å². The van der Waals surface area contributed by atoms with Gasteiger partial charge in [0.05, 0.1) is 6.42 Å². The van der Waals surface area contributed by atoms with Crippen molar-refractivity contribution in [3.63, 3.8) is 0 Å². The highest BCUT2D eigenvalue weighted by Gasteiger charge is 2.03. The highest BCUT2D eigenvalue weighted by molar-refractivity contribution is 5.77. The van der Waals surface area contributed by atoms with Gasteiger partial charge in [0.2, 0.25) is 5.91 Å². The van der Waals surface area contributed by atoms with Gasteiger partial charge in [0, 0.05) is 0 Å². The third-order valence-corrected chi connectivity index (χ3v) is 3.27. The molecule has 0 spiro atoms. The fourth-order valence-corrected chi connectivity index (χ4v) is 2.11. The summed E-state index contributed by atoms with van der Waals surface area (Å²) < 4.78 is 5.82. The number of rotatable bonds is 5. The standard InChI is InChI=1S/C17H20N2O2/c1-12-3-8-16(13(2)9-12)21-11-15-6-4-14(5-7-15)10-17(20)19-18/h3-9H,10-11,18H2,1-2H3,(H,19,20). The lowest BCUT2D eigenvalue weighted by atomic mass is 10.1. The van der Waals surface area contributed by atoms with Crippen molar-refractivity contribution < 1.29 is 9.53 Å². The predicted molar refractivity (Wildman–Crippen MR) is 82.7 cm³/mol. The van der Waals surface area contributed by atoms with Gasteiger partial charge in [0.25, 0.3) is 0 Å². The van der Waals surface area contributed by atoms with E-state index in [1.807, 2.05) is 43.3 Å². The molecule has 1 amide bonds. The number of carbonyl (C=O) groups is 1. The molecule has 3 N–H and O–H groups in total. The quantitative estimate of drug-likeness (QED) is 0.503. The van der Waals surface area contributed by atoms with Gasteiger partial charge in [0.15, 0.2) is 0 Å². The van der Waals surface area contributed by atoms with Crippen molar-refractivity contribution in [3.05, 3.63) is 64.7 Å². The van der Waals surface area contributed by atoms with Crippen LogP contribution < -0.4 is 16.0 Å². The lowest BCUT2D eigenvalue weighted by molar-refractivity contribution is -0.120. The van der Waals surface area contributed by atoms with E-state index in [9.17, 15) is 4.79 Å². The highest BCUT2D eigenvalue weighted by Crippen LogP contribution is 2.20. The number of hydrogen-bond acceptors (Lipinski definition) is 3. The zero-order chi connectivity index (χ0) is 15.2. The molecule has 4 heteroatoms. The summed E-state index contributed by atoms with van der Waals surface area (Å²) in [5, 5.41) is 0. The summed E-state index contributed by atoms with van der Waals surface area (Å²) in [6.45, 7) is 4.61. The van der Waals surface area contributed by atoms with E-state index in [0.29, 0.717) is 6.61 Å². The molecular formula is C17H20N2O2. The van der Waals surface area contributed by atoms with Crippen LogP contribution in [0.25, 0.3) is 0 Å². The first kappa shape index (κ1) is 15.1. The lowest BCUT2D eigenvalue weighted by Gasteiger charge is -2.10. The van der Waals surface area contributed by atoms with Gasteiger partial charge in [-0.1, -0.05) is 42.0 Å². The minimum absolute atomic E-state index is 0.200. The second-order valence-corrected chi connectivity index (χ2v) is 5.12. The molecule has 0 aliphatic rings. The van der Waals surface area contributed by atoms with Gasteiger partial charge in [-0.15, -0.1) is 0 Å². The number of hydrogen-bond donors (Lipinski definition) is 2. The zero-order valence-electron chi connectivity index (χ0n) is 12.3. The summed E-state index contributed by atoms with van der Waals surface area (Å²) in [6.07, 6.45) is 0.286. The first-order chi connectivity index (χ1) is 10.1. The van der Waals surface area contributed by atoms with E-state index in [1.165, 1.54) is 5.56 Å². The first-order valence-corrected chi connectivity index (χ1v) is 6.86. The molecule has 21 heavy (non-hydrogen) atoms. The molecule has 0 saturated carbocycles. The van der Waals surface area contributed by atoms with Crippen LogP contribution in [0.5, 0.6) is 5.75 Å². The molecule has 0 atom stereocenters. The fourth-order valence-electron chi connectivity index (χ4n) is 2.11. The Hall–Kier alpha value is -2.33. The normalized spacial score (nSPS) is 10.2. The monoisotopic (exact) mass is 284 g/mol. The van der Waals surface area contributed by atoms with Gasteiger partial charge in [-0.3, -0.25) is 10.2 Å². The minimum Gasteiger partial charge on any atom is -0.489 e. The van der Waals surface area contributed by atoms with E-state index in [-0.39, 0.29) is 12.3 Å². The number of aryl methyl sites for hydroxylation is 2. The van der Waals surface area contributed by atoms with E-state index < -0.39 is 0 Å². The van der Waals surface area contributed by atoms with Crippen molar-refractivity contribution in [3.8, 4) is 5.75 Å². The van der Waals surface area contributed by atoms with Crippen molar-refractivity contribution in [1.82, 2.24) is 5.43 Å². The van der Waals surface area contributed by atoms with Crippen LogP contribution in [-0.4, -0.2) is 5.91 Å².